The molecule has 0 aliphatic carbocycles. The highest BCUT2D eigenvalue weighted by Gasteiger charge is 2.13. The van der Waals surface area contributed by atoms with Crippen molar-refractivity contribution in [3.8, 4) is 0 Å². The monoisotopic (exact) mass is 402 g/mol. The Morgan fingerprint density at radius 2 is 1.82 bits per heavy atom. The molecule has 28 heavy (non-hydrogen) atoms. The van der Waals surface area contributed by atoms with Crippen LogP contribution in [0.3, 0.4) is 0 Å². The van der Waals surface area contributed by atoms with E-state index in [1.807, 2.05) is 54.6 Å². The lowest BCUT2D eigenvalue weighted by Gasteiger charge is -2.10. The van der Waals surface area contributed by atoms with Crippen LogP contribution in [0.25, 0.3) is 21.1 Å². The number of benzene rings is 2. The molecule has 6 nitrogen and oxygen atoms in total. The van der Waals surface area contributed by atoms with Gasteiger partial charge < -0.3 is 11.1 Å². The van der Waals surface area contributed by atoms with Crippen LogP contribution in [-0.4, -0.2) is 19.9 Å². The molecule has 0 unspecified atom stereocenters. The smallest absolute Gasteiger partial charge is 0.189 e. The second-order valence-electron chi connectivity index (χ2n) is 5.99. The highest BCUT2D eigenvalue weighted by Crippen LogP contribution is 2.37. The van der Waals surface area contributed by atoms with Gasteiger partial charge >= 0.3 is 0 Å². The molecule has 2 aromatic carbocycles. The number of rotatable bonds is 4. The predicted molar refractivity (Wildman–Crippen MR) is 115 cm³/mol. The Morgan fingerprint density at radius 1 is 0.929 bits per heavy atom. The summed E-state index contributed by atoms with van der Waals surface area (Å²) in [6.45, 7) is 0. The normalized spacial score (nSPS) is 11.1. The van der Waals surface area contributed by atoms with E-state index in [0.29, 0.717) is 16.5 Å². The van der Waals surface area contributed by atoms with E-state index in [-0.39, 0.29) is 0 Å². The second-order valence-corrected chi connectivity index (χ2v) is 8.05. The SMILES string of the molecule is Nc1c(Nc2nc3ccccc3s2)ncnc1Sc1cccc2cccnc12. The van der Waals surface area contributed by atoms with Crippen molar-refractivity contribution in [2.75, 3.05) is 11.1 Å². The average molecular weight is 403 g/mol. The maximum absolute atomic E-state index is 6.37. The number of hydrogen-bond acceptors (Lipinski definition) is 8. The van der Waals surface area contributed by atoms with Gasteiger partial charge in [0.15, 0.2) is 10.9 Å². The van der Waals surface area contributed by atoms with Crippen LogP contribution in [-0.2, 0) is 0 Å². The Labute approximate surface area is 168 Å². The summed E-state index contributed by atoms with van der Waals surface area (Å²) in [5.41, 5.74) is 8.72. The number of para-hydroxylation sites is 2. The number of nitrogens with two attached hydrogens (primary N) is 1. The van der Waals surface area contributed by atoms with Crippen molar-refractivity contribution in [2.45, 2.75) is 9.92 Å². The van der Waals surface area contributed by atoms with Crippen molar-refractivity contribution < 1.29 is 0 Å². The standard InChI is InChI=1S/C20H14N6S2/c21-16-18(26-20-25-13-7-1-2-8-14(13)28-20)23-11-24-19(16)27-15-9-3-5-12-6-4-10-22-17(12)15/h1-11H,21H2,(H,23,24,25,26). The summed E-state index contributed by atoms with van der Waals surface area (Å²) in [5.74, 6) is 0.546. The van der Waals surface area contributed by atoms with Crippen molar-refractivity contribution in [2.24, 2.45) is 0 Å². The predicted octanol–water partition coefficient (Wildman–Crippen LogP) is 5.11. The Balaban J connectivity index is 1.48. The van der Waals surface area contributed by atoms with Gasteiger partial charge in [0.05, 0.1) is 15.7 Å². The molecule has 0 aliphatic rings. The molecule has 3 heterocycles. The quantitative estimate of drug-likeness (QED) is 0.404. The van der Waals surface area contributed by atoms with Crippen molar-refractivity contribution >= 4 is 60.9 Å². The van der Waals surface area contributed by atoms with Crippen molar-refractivity contribution in [1.29, 1.82) is 0 Å². The number of nitrogens with one attached hydrogen (secondary N) is 1. The number of nitrogens with zero attached hydrogens (tertiary/aromatic N) is 4. The molecule has 3 N–H and O–H groups in total. The van der Waals surface area contributed by atoms with Crippen LogP contribution in [0.1, 0.15) is 0 Å². The van der Waals surface area contributed by atoms with E-state index in [0.717, 1.165) is 31.1 Å². The third kappa shape index (κ3) is 3.12. The van der Waals surface area contributed by atoms with Gasteiger partial charge in [-0.2, -0.15) is 0 Å². The lowest BCUT2D eigenvalue weighted by Crippen LogP contribution is -2.02. The summed E-state index contributed by atoms with van der Waals surface area (Å²) in [7, 11) is 0. The van der Waals surface area contributed by atoms with Gasteiger partial charge in [-0.15, -0.1) is 0 Å². The molecule has 0 spiro atoms. The van der Waals surface area contributed by atoms with Crippen LogP contribution in [0.5, 0.6) is 0 Å². The molecule has 0 saturated carbocycles. The summed E-state index contributed by atoms with van der Waals surface area (Å²) in [6.07, 6.45) is 3.29. The third-order valence-electron chi connectivity index (χ3n) is 4.17. The number of hydrogen-bond donors (Lipinski definition) is 2. The van der Waals surface area contributed by atoms with Crippen LogP contribution in [0, 0.1) is 0 Å². The van der Waals surface area contributed by atoms with Gasteiger partial charge in [0.1, 0.15) is 17.0 Å². The largest absolute Gasteiger partial charge is 0.394 e. The third-order valence-corrected chi connectivity index (χ3v) is 6.19. The summed E-state index contributed by atoms with van der Waals surface area (Å²) >= 11 is 3.04. The summed E-state index contributed by atoms with van der Waals surface area (Å²) in [5, 5.41) is 5.73. The van der Waals surface area contributed by atoms with Crippen LogP contribution in [0.15, 0.2) is 77.0 Å². The van der Waals surface area contributed by atoms with Crippen LogP contribution < -0.4 is 11.1 Å². The Bertz CT molecular complexity index is 1260. The minimum atomic E-state index is 0.486. The molecule has 0 amide bonds. The molecule has 0 radical (unpaired) electrons. The molecule has 0 fully saturated rings. The number of thiazole rings is 1. The second kappa shape index (κ2) is 7.06. The van der Waals surface area contributed by atoms with Gasteiger partial charge in [0.25, 0.3) is 0 Å². The van der Waals surface area contributed by atoms with E-state index in [2.05, 4.69) is 25.3 Å². The van der Waals surface area contributed by atoms with E-state index in [4.69, 9.17) is 5.73 Å². The molecule has 5 rings (SSSR count). The van der Waals surface area contributed by atoms with E-state index >= 15 is 0 Å². The number of pyridine rings is 1. The highest BCUT2D eigenvalue weighted by molar-refractivity contribution is 7.99. The van der Waals surface area contributed by atoms with Gasteiger partial charge in [-0.1, -0.05) is 53.4 Å². The van der Waals surface area contributed by atoms with Crippen molar-refractivity contribution in [1.82, 2.24) is 19.9 Å². The Hall–Kier alpha value is -3.23. The first-order chi connectivity index (χ1) is 13.8. The highest BCUT2D eigenvalue weighted by atomic mass is 32.2. The van der Waals surface area contributed by atoms with E-state index in [1.165, 1.54) is 18.1 Å². The zero-order valence-corrected chi connectivity index (χ0v) is 16.2. The van der Waals surface area contributed by atoms with Gasteiger partial charge in [0.2, 0.25) is 0 Å². The van der Waals surface area contributed by atoms with Gasteiger partial charge in [0, 0.05) is 16.5 Å². The van der Waals surface area contributed by atoms with Crippen LogP contribution in [0.4, 0.5) is 16.6 Å². The topological polar surface area (TPSA) is 89.6 Å². The Morgan fingerprint density at radius 3 is 2.75 bits per heavy atom. The fraction of sp³-hybridized carbons (Fsp3) is 0. The molecular formula is C20H14N6S2. The van der Waals surface area contributed by atoms with Crippen molar-refractivity contribution in [3.05, 3.63) is 67.1 Å². The maximum Gasteiger partial charge on any atom is 0.189 e. The zero-order valence-electron chi connectivity index (χ0n) is 14.5. The minimum Gasteiger partial charge on any atom is -0.394 e. The summed E-state index contributed by atoms with van der Waals surface area (Å²) < 4.78 is 1.11. The van der Waals surface area contributed by atoms with E-state index in [9.17, 15) is 0 Å². The van der Waals surface area contributed by atoms with E-state index in [1.54, 1.807) is 17.5 Å². The fourth-order valence-electron chi connectivity index (χ4n) is 2.85. The molecule has 0 saturated heterocycles. The zero-order chi connectivity index (χ0) is 18.9. The van der Waals surface area contributed by atoms with Crippen LogP contribution >= 0.6 is 23.1 Å². The molecule has 8 heteroatoms. The first-order valence-corrected chi connectivity index (χ1v) is 10.2. The van der Waals surface area contributed by atoms with E-state index < -0.39 is 0 Å². The molecule has 0 aliphatic heterocycles. The lowest BCUT2D eigenvalue weighted by atomic mass is 10.2. The lowest BCUT2D eigenvalue weighted by molar-refractivity contribution is 1.06. The fourth-order valence-corrected chi connectivity index (χ4v) is 4.64. The van der Waals surface area contributed by atoms with Crippen LogP contribution in [0.2, 0.25) is 0 Å². The van der Waals surface area contributed by atoms with Gasteiger partial charge in [-0.05, 0) is 24.3 Å². The summed E-state index contributed by atoms with van der Waals surface area (Å²) in [6, 6.07) is 18.0. The first-order valence-electron chi connectivity index (χ1n) is 8.52. The first kappa shape index (κ1) is 16.9. The maximum atomic E-state index is 6.37. The van der Waals surface area contributed by atoms with Gasteiger partial charge in [-0.25, -0.2) is 15.0 Å². The summed E-state index contributed by atoms with van der Waals surface area (Å²) in [4.78, 5) is 18.7. The van der Waals surface area contributed by atoms with Gasteiger partial charge in [-0.3, -0.25) is 4.98 Å². The number of anilines is 3. The number of fused-ring (bicyclic) bond motifs is 2. The average Bonchev–Trinajstić information content (AvgIpc) is 3.14. The molecule has 0 atom stereocenters. The number of nitrogen functional groups attached to an aromatic ring is 1. The molecule has 0 bridgehead atoms. The molecule has 136 valence electrons. The number of aromatic nitrogens is 4. The van der Waals surface area contributed by atoms with Crippen molar-refractivity contribution in [3.63, 3.8) is 0 Å². The minimum absolute atomic E-state index is 0.486. The molecule has 5 aromatic rings. The Kier molecular flexibility index (Phi) is 4.27. The molecular weight excluding hydrogens is 388 g/mol. The molecule has 3 aromatic heterocycles.